The zero-order chi connectivity index (χ0) is 24.6. The third-order valence-corrected chi connectivity index (χ3v) is 3.18. The Bertz CT molecular complexity index is 708. The van der Waals surface area contributed by atoms with Crippen LogP contribution in [0.5, 0.6) is 0 Å². The maximum absolute atomic E-state index is 11.2. The maximum Gasteiger partial charge on any atom is 0.509 e. The average molecular weight is 447 g/mol. The van der Waals surface area contributed by atoms with E-state index < -0.39 is 23.5 Å². The third-order valence-electron chi connectivity index (χ3n) is 3.18. The number of carbonyl (C=O) groups is 3. The molecule has 0 spiro atoms. The largest absolute Gasteiger partial charge is 0.509 e. The summed E-state index contributed by atoms with van der Waals surface area (Å²) in [5, 5.41) is 0. The Labute approximate surface area is 190 Å². The van der Waals surface area contributed by atoms with Crippen LogP contribution in [-0.2, 0) is 37.0 Å². The smallest absolute Gasteiger partial charge is 0.429 e. The van der Waals surface area contributed by atoms with Gasteiger partial charge in [0.15, 0.2) is 0 Å². The lowest BCUT2D eigenvalue weighted by Gasteiger charge is -2.18. The summed E-state index contributed by atoms with van der Waals surface area (Å²) in [6.45, 7) is 13.3. The van der Waals surface area contributed by atoms with Crippen molar-refractivity contribution in [3.63, 3.8) is 0 Å². The van der Waals surface area contributed by atoms with Gasteiger partial charge in [0.05, 0.1) is 0 Å². The Morgan fingerprint density at radius 1 is 0.625 bits per heavy atom. The Hall–Kier alpha value is -3.35. The van der Waals surface area contributed by atoms with Crippen molar-refractivity contribution in [2.45, 2.75) is 66.0 Å². The highest BCUT2D eigenvalue weighted by molar-refractivity contribution is 5.60. The van der Waals surface area contributed by atoms with E-state index in [1.807, 2.05) is 67.5 Å². The fourth-order valence-electron chi connectivity index (χ4n) is 1.99. The molecule has 32 heavy (non-hydrogen) atoms. The van der Waals surface area contributed by atoms with E-state index in [0.29, 0.717) is 0 Å². The molecule has 7 nitrogen and oxygen atoms in total. The molecular weight excluding hydrogens is 412 g/mol. The molecule has 2 rings (SSSR count). The lowest BCUT2D eigenvalue weighted by atomic mass is 10.2. The van der Waals surface area contributed by atoms with Gasteiger partial charge in [0.1, 0.15) is 31.2 Å². The van der Waals surface area contributed by atoms with Crippen LogP contribution in [0, 0.1) is 0 Å². The topological polar surface area (TPSA) is 88.1 Å². The van der Waals surface area contributed by atoms with Gasteiger partial charge in [-0.1, -0.05) is 60.7 Å². The van der Waals surface area contributed by atoms with Gasteiger partial charge in [-0.3, -0.25) is 0 Å². The maximum atomic E-state index is 11.2. The van der Waals surface area contributed by atoms with E-state index in [4.69, 9.17) is 23.7 Å². The van der Waals surface area contributed by atoms with Crippen molar-refractivity contribution in [2.24, 2.45) is 0 Å². The lowest BCUT2D eigenvalue weighted by Crippen LogP contribution is -2.24. The van der Waals surface area contributed by atoms with Crippen LogP contribution in [-0.4, -0.2) is 30.3 Å². The van der Waals surface area contributed by atoms with E-state index >= 15 is 0 Å². The van der Waals surface area contributed by atoms with Crippen molar-refractivity contribution in [1.82, 2.24) is 0 Å². The van der Waals surface area contributed by atoms with Crippen molar-refractivity contribution in [1.29, 1.82) is 0 Å². The van der Waals surface area contributed by atoms with Crippen molar-refractivity contribution >= 4 is 19.1 Å². The molecule has 0 fully saturated rings. The third kappa shape index (κ3) is 16.4. The summed E-state index contributed by atoms with van der Waals surface area (Å²) in [7, 11) is 0. The molecule has 2 aromatic rings. The first-order chi connectivity index (χ1) is 14.9. The highest BCUT2D eigenvalue weighted by Gasteiger charge is 2.18. The van der Waals surface area contributed by atoms with E-state index in [9.17, 15) is 9.59 Å². The first-order valence-corrected chi connectivity index (χ1v) is 10.0. The van der Waals surface area contributed by atoms with Crippen LogP contribution in [0.25, 0.3) is 0 Å². The minimum Gasteiger partial charge on any atom is -0.429 e. The molecule has 0 aliphatic heterocycles. The second kappa shape index (κ2) is 14.6. The summed E-state index contributed by atoms with van der Waals surface area (Å²) in [5.74, 6) is 0. The van der Waals surface area contributed by atoms with E-state index in [0.717, 1.165) is 11.1 Å². The van der Waals surface area contributed by atoms with Crippen LogP contribution < -0.4 is 0 Å². The predicted molar refractivity (Wildman–Crippen MR) is 122 cm³/mol. The second-order valence-corrected chi connectivity index (χ2v) is 8.48. The Balaban J connectivity index is 0.000000557. The second-order valence-electron chi connectivity index (χ2n) is 8.48. The van der Waals surface area contributed by atoms with E-state index in [-0.39, 0.29) is 13.2 Å². The Kier molecular flexibility index (Phi) is 13.1. The molecule has 0 radical (unpaired) electrons. The van der Waals surface area contributed by atoms with Gasteiger partial charge in [-0.2, -0.15) is 0 Å². The van der Waals surface area contributed by atoms with Crippen LogP contribution in [0.4, 0.5) is 9.59 Å². The fraction of sp³-hybridized carbons (Fsp3) is 0.400. The first-order valence-electron chi connectivity index (χ1n) is 10.0. The van der Waals surface area contributed by atoms with Gasteiger partial charge in [0.2, 0.25) is 0 Å². The average Bonchev–Trinajstić information content (AvgIpc) is 2.72. The number of ether oxygens (including phenoxy) is 4. The predicted octanol–water partition coefficient (Wildman–Crippen LogP) is 6.09. The minimum atomic E-state index is -0.633. The van der Waals surface area contributed by atoms with Crippen molar-refractivity contribution in [2.75, 3.05) is 0 Å². The Morgan fingerprint density at radius 3 is 1.16 bits per heavy atom. The van der Waals surface area contributed by atoms with Crippen LogP contribution in [0.1, 0.15) is 52.7 Å². The molecule has 0 bridgehead atoms. The minimum absolute atomic E-state index is 0.246. The molecular formula is C25H34O7. The lowest BCUT2D eigenvalue weighted by molar-refractivity contribution is -0.0980. The first kappa shape index (κ1) is 28.6. The van der Waals surface area contributed by atoms with E-state index in [1.54, 1.807) is 41.5 Å². The van der Waals surface area contributed by atoms with Crippen molar-refractivity contribution < 1.29 is 33.3 Å². The molecule has 0 amide bonds. The van der Waals surface area contributed by atoms with Gasteiger partial charge in [-0.25, -0.2) is 9.59 Å². The molecule has 0 aliphatic carbocycles. The number of hydrogen-bond acceptors (Lipinski definition) is 7. The van der Waals surface area contributed by atoms with Crippen molar-refractivity contribution in [3.8, 4) is 0 Å². The molecule has 0 heterocycles. The van der Waals surface area contributed by atoms with E-state index in [2.05, 4.69) is 0 Å². The van der Waals surface area contributed by atoms with Gasteiger partial charge in [0.25, 0.3) is 0 Å². The highest BCUT2D eigenvalue weighted by Crippen LogP contribution is 2.10. The zero-order valence-corrected chi connectivity index (χ0v) is 19.8. The van der Waals surface area contributed by atoms with Crippen LogP contribution in [0.2, 0.25) is 0 Å². The van der Waals surface area contributed by atoms with Gasteiger partial charge < -0.3 is 23.7 Å². The molecule has 0 saturated carbocycles. The van der Waals surface area contributed by atoms with Gasteiger partial charge in [-0.05, 0) is 52.7 Å². The van der Waals surface area contributed by atoms with Crippen LogP contribution >= 0.6 is 0 Å². The van der Waals surface area contributed by atoms with Gasteiger partial charge >= 0.3 is 12.3 Å². The summed E-state index contributed by atoms with van der Waals surface area (Å²) in [4.78, 5) is 30.4. The fourth-order valence-corrected chi connectivity index (χ4v) is 1.99. The molecule has 0 N–H and O–H groups in total. The summed E-state index contributed by atoms with van der Waals surface area (Å²) >= 11 is 0. The molecule has 7 heteroatoms. The molecule has 0 unspecified atom stereocenters. The SMILES string of the molecule is C=O.CC(C)(C)OC(=O)OCc1ccccc1.CC(C)(C)OC(=O)OCc1ccccc1. The summed E-state index contributed by atoms with van der Waals surface area (Å²) in [6, 6.07) is 19.0. The zero-order valence-electron chi connectivity index (χ0n) is 19.8. The monoisotopic (exact) mass is 446 g/mol. The summed E-state index contributed by atoms with van der Waals surface area (Å²) in [5.41, 5.74) is 0.883. The normalized spacial score (nSPS) is 10.3. The van der Waals surface area contributed by atoms with Gasteiger partial charge in [0, 0.05) is 0 Å². The molecule has 0 aromatic heterocycles. The molecule has 0 aliphatic rings. The quantitative estimate of drug-likeness (QED) is 0.525. The Morgan fingerprint density at radius 2 is 0.906 bits per heavy atom. The number of hydrogen-bond donors (Lipinski definition) is 0. The molecule has 176 valence electrons. The summed E-state index contributed by atoms with van der Waals surface area (Å²) in [6.07, 6.45) is -1.27. The van der Waals surface area contributed by atoms with E-state index in [1.165, 1.54) is 0 Å². The number of rotatable bonds is 4. The molecule has 2 aromatic carbocycles. The number of carbonyl (C=O) groups excluding carboxylic acids is 3. The molecule has 0 saturated heterocycles. The highest BCUT2D eigenvalue weighted by atomic mass is 16.7. The van der Waals surface area contributed by atoms with Gasteiger partial charge in [-0.15, -0.1) is 0 Å². The molecule has 0 atom stereocenters. The standard InChI is InChI=1S/2C12H16O3.CH2O/c2*1-12(2,3)15-11(13)14-9-10-7-5-4-6-8-10;1-2/h2*4-8H,9H2,1-3H3;1H2. The summed E-state index contributed by atoms with van der Waals surface area (Å²) < 4.78 is 19.9. The van der Waals surface area contributed by atoms with Crippen LogP contribution in [0.15, 0.2) is 60.7 Å². The van der Waals surface area contributed by atoms with Crippen molar-refractivity contribution in [3.05, 3.63) is 71.8 Å². The van der Waals surface area contributed by atoms with Crippen LogP contribution in [0.3, 0.4) is 0 Å². The number of benzene rings is 2.